The van der Waals surface area contributed by atoms with Crippen LogP contribution in [0.3, 0.4) is 0 Å². The molecular weight excluding hydrogens is 236 g/mol. The summed E-state index contributed by atoms with van der Waals surface area (Å²) in [6, 6.07) is 6.23. The smallest absolute Gasteiger partial charge is 0.387 e. The van der Waals surface area contributed by atoms with Crippen molar-refractivity contribution in [2.24, 2.45) is 0 Å². The molecule has 1 aromatic heterocycles. The number of hydrogen-bond acceptors (Lipinski definition) is 5. The van der Waals surface area contributed by atoms with Crippen molar-refractivity contribution in [3.8, 4) is 16.3 Å². The monoisotopic (exact) mass is 243 g/mol. The quantitative estimate of drug-likeness (QED) is 0.899. The maximum absolute atomic E-state index is 12.0. The summed E-state index contributed by atoms with van der Waals surface area (Å²) < 4.78 is 28.3. The highest BCUT2D eigenvalue weighted by molar-refractivity contribution is 7.18. The number of halogens is 2. The Balaban J connectivity index is 2.28. The summed E-state index contributed by atoms with van der Waals surface area (Å²) in [5.74, 6) is 0.0845. The fourth-order valence-electron chi connectivity index (χ4n) is 1.16. The van der Waals surface area contributed by atoms with Crippen molar-refractivity contribution >= 4 is 16.5 Å². The van der Waals surface area contributed by atoms with Crippen molar-refractivity contribution in [3.63, 3.8) is 0 Å². The molecule has 0 unspecified atom stereocenters. The molecule has 2 aromatic rings. The van der Waals surface area contributed by atoms with Crippen LogP contribution in [0.25, 0.3) is 10.6 Å². The molecule has 0 saturated carbocycles. The highest BCUT2D eigenvalue weighted by Gasteiger charge is 2.08. The van der Waals surface area contributed by atoms with Crippen molar-refractivity contribution in [2.75, 3.05) is 5.73 Å². The predicted octanol–water partition coefficient (Wildman–Crippen LogP) is 2.39. The van der Waals surface area contributed by atoms with Gasteiger partial charge in [0.05, 0.1) is 0 Å². The fourth-order valence-corrected chi connectivity index (χ4v) is 1.76. The van der Waals surface area contributed by atoms with E-state index < -0.39 is 6.61 Å². The summed E-state index contributed by atoms with van der Waals surface area (Å²) >= 11 is 1.18. The molecule has 16 heavy (non-hydrogen) atoms. The van der Waals surface area contributed by atoms with Gasteiger partial charge in [-0.25, -0.2) is 0 Å². The third-order valence-corrected chi connectivity index (χ3v) is 2.55. The minimum absolute atomic E-state index is 0.0845. The lowest BCUT2D eigenvalue weighted by Gasteiger charge is -2.04. The number of aromatic nitrogens is 2. The van der Waals surface area contributed by atoms with Crippen molar-refractivity contribution in [3.05, 3.63) is 24.3 Å². The summed E-state index contributed by atoms with van der Waals surface area (Å²) in [5, 5.41) is 8.34. The lowest BCUT2D eigenvalue weighted by molar-refractivity contribution is -0.0498. The number of benzene rings is 1. The van der Waals surface area contributed by atoms with E-state index in [2.05, 4.69) is 14.9 Å². The van der Waals surface area contributed by atoms with E-state index in [1.54, 1.807) is 12.1 Å². The average molecular weight is 243 g/mol. The number of rotatable bonds is 3. The van der Waals surface area contributed by atoms with Crippen molar-refractivity contribution in [1.29, 1.82) is 0 Å². The summed E-state index contributed by atoms with van der Waals surface area (Å²) in [5.41, 5.74) is 6.07. The van der Waals surface area contributed by atoms with Gasteiger partial charge in [-0.05, 0) is 12.1 Å². The Bertz CT molecular complexity index is 489. The standard InChI is InChI=1S/C9H7F2N3OS/c10-8(11)15-6-3-1-2-5(4-6)7-13-14-9(12)16-7/h1-4,8H,(H2,12,14). The molecule has 1 aromatic carbocycles. The topological polar surface area (TPSA) is 61.0 Å². The van der Waals surface area contributed by atoms with Crippen LogP contribution in [0.15, 0.2) is 24.3 Å². The Morgan fingerprint density at radius 1 is 1.31 bits per heavy atom. The normalized spacial score (nSPS) is 10.7. The number of nitrogens with zero attached hydrogens (tertiary/aromatic N) is 2. The first-order valence-electron chi connectivity index (χ1n) is 4.29. The van der Waals surface area contributed by atoms with Gasteiger partial charge < -0.3 is 10.5 Å². The Kier molecular flexibility index (Phi) is 2.95. The van der Waals surface area contributed by atoms with E-state index in [4.69, 9.17) is 5.73 Å². The third-order valence-electron chi connectivity index (χ3n) is 1.75. The molecule has 2 rings (SSSR count). The third kappa shape index (κ3) is 2.43. The SMILES string of the molecule is Nc1nnc(-c2cccc(OC(F)F)c2)s1. The lowest BCUT2D eigenvalue weighted by Crippen LogP contribution is -2.01. The van der Waals surface area contributed by atoms with Crippen molar-refractivity contribution < 1.29 is 13.5 Å². The number of nitrogen functional groups attached to an aromatic ring is 1. The highest BCUT2D eigenvalue weighted by atomic mass is 32.1. The van der Waals surface area contributed by atoms with Gasteiger partial charge in [0.15, 0.2) is 0 Å². The number of hydrogen-bond donors (Lipinski definition) is 1. The molecule has 84 valence electrons. The Labute approximate surface area is 93.7 Å². The maximum Gasteiger partial charge on any atom is 0.387 e. The van der Waals surface area contributed by atoms with Crippen molar-refractivity contribution in [2.45, 2.75) is 6.61 Å². The van der Waals surface area contributed by atoms with Crippen molar-refractivity contribution in [1.82, 2.24) is 10.2 Å². The average Bonchev–Trinajstić information content (AvgIpc) is 2.64. The molecule has 0 aliphatic heterocycles. The lowest BCUT2D eigenvalue weighted by atomic mass is 10.2. The number of ether oxygens (including phenoxy) is 1. The van der Waals surface area contributed by atoms with Crippen LogP contribution >= 0.6 is 11.3 Å². The van der Waals surface area contributed by atoms with Gasteiger partial charge in [-0.1, -0.05) is 23.5 Å². The van der Waals surface area contributed by atoms with Crippen LogP contribution in [0, 0.1) is 0 Å². The van der Waals surface area contributed by atoms with Gasteiger partial charge in [0.2, 0.25) is 5.13 Å². The number of anilines is 1. The Morgan fingerprint density at radius 2 is 2.12 bits per heavy atom. The maximum atomic E-state index is 12.0. The molecule has 0 saturated heterocycles. The zero-order chi connectivity index (χ0) is 11.5. The Morgan fingerprint density at radius 3 is 2.75 bits per heavy atom. The van der Waals surface area contributed by atoms with Gasteiger partial charge >= 0.3 is 6.61 Å². The summed E-state index contributed by atoms with van der Waals surface area (Å²) in [4.78, 5) is 0. The van der Waals surface area contributed by atoms with E-state index in [1.165, 1.54) is 23.5 Å². The zero-order valence-electron chi connectivity index (χ0n) is 7.93. The molecule has 0 radical (unpaired) electrons. The molecule has 0 amide bonds. The summed E-state index contributed by atoms with van der Waals surface area (Å²) in [7, 11) is 0. The molecule has 0 bridgehead atoms. The number of nitrogens with two attached hydrogens (primary N) is 1. The second kappa shape index (κ2) is 4.40. The summed E-state index contributed by atoms with van der Waals surface area (Å²) in [6.45, 7) is -2.84. The van der Waals surface area contributed by atoms with E-state index in [1.807, 2.05) is 0 Å². The van der Waals surface area contributed by atoms with Crippen LogP contribution in [0.2, 0.25) is 0 Å². The highest BCUT2D eigenvalue weighted by Crippen LogP contribution is 2.27. The van der Waals surface area contributed by atoms with Crippen LogP contribution in [0.5, 0.6) is 5.75 Å². The summed E-state index contributed by atoms with van der Waals surface area (Å²) in [6.07, 6.45) is 0. The molecule has 1 heterocycles. The first-order valence-corrected chi connectivity index (χ1v) is 5.11. The molecule has 0 spiro atoms. The Hall–Kier alpha value is -1.76. The van der Waals surface area contributed by atoms with E-state index in [0.29, 0.717) is 15.7 Å². The van der Waals surface area contributed by atoms with Gasteiger partial charge in [0.1, 0.15) is 10.8 Å². The molecule has 7 heteroatoms. The fraction of sp³-hybridized carbons (Fsp3) is 0.111. The second-order valence-electron chi connectivity index (χ2n) is 2.85. The van der Waals surface area contributed by atoms with Gasteiger partial charge in [0.25, 0.3) is 0 Å². The molecule has 4 nitrogen and oxygen atoms in total. The molecule has 2 N–H and O–H groups in total. The van der Waals surface area contributed by atoms with E-state index >= 15 is 0 Å². The molecule has 0 aliphatic rings. The van der Waals surface area contributed by atoms with Crippen LogP contribution in [-0.4, -0.2) is 16.8 Å². The second-order valence-corrected chi connectivity index (χ2v) is 3.86. The molecular formula is C9H7F2N3OS. The van der Waals surface area contributed by atoms with Gasteiger partial charge in [0, 0.05) is 5.56 Å². The first kappa shape index (κ1) is 10.7. The zero-order valence-corrected chi connectivity index (χ0v) is 8.75. The van der Waals surface area contributed by atoms with Gasteiger partial charge in [-0.3, -0.25) is 0 Å². The molecule has 0 atom stereocenters. The van der Waals surface area contributed by atoms with Crippen LogP contribution < -0.4 is 10.5 Å². The van der Waals surface area contributed by atoms with Crippen LogP contribution in [-0.2, 0) is 0 Å². The van der Waals surface area contributed by atoms with E-state index in [9.17, 15) is 8.78 Å². The number of alkyl halides is 2. The van der Waals surface area contributed by atoms with Gasteiger partial charge in [-0.2, -0.15) is 8.78 Å². The minimum Gasteiger partial charge on any atom is -0.435 e. The minimum atomic E-state index is -2.84. The van der Waals surface area contributed by atoms with E-state index in [-0.39, 0.29) is 5.75 Å². The largest absolute Gasteiger partial charge is 0.435 e. The first-order chi connectivity index (χ1) is 7.65. The van der Waals surface area contributed by atoms with Gasteiger partial charge in [-0.15, -0.1) is 10.2 Å². The molecule has 0 aliphatic carbocycles. The molecule has 0 fully saturated rings. The van der Waals surface area contributed by atoms with E-state index in [0.717, 1.165) is 0 Å². The predicted molar refractivity (Wildman–Crippen MR) is 56.4 cm³/mol. The van der Waals surface area contributed by atoms with Crippen LogP contribution in [0.1, 0.15) is 0 Å². The van der Waals surface area contributed by atoms with Crippen LogP contribution in [0.4, 0.5) is 13.9 Å².